The quantitative estimate of drug-likeness (QED) is 0.0650. The van der Waals surface area contributed by atoms with Gasteiger partial charge in [0.05, 0.1) is 25.2 Å². The number of nitrogens with one attached hydrogen (secondary N) is 1. The van der Waals surface area contributed by atoms with E-state index in [1.807, 2.05) is 36.8 Å². The maximum atomic E-state index is 13.0. The number of aromatic nitrogens is 1. The van der Waals surface area contributed by atoms with Gasteiger partial charge in [-0.1, -0.05) is 29.8 Å². The highest BCUT2D eigenvalue weighted by Gasteiger charge is 2.46. The minimum atomic E-state index is -1.58. The molecule has 5 rings (SSSR count). The van der Waals surface area contributed by atoms with Gasteiger partial charge in [-0.15, -0.1) is 11.8 Å². The number of para-hydroxylation sites is 1. The summed E-state index contributed by atoms with van der Waals surface area (Å²) in [5, 5.41) is 43.5. The van der Waals surface area contributed by atoms with E-state index in [0.29, 0.717) is 25.7 Å². The molecule has 1 aromatic heterocycles. The number of ether oxygens (including phenoxy) is 1. The summed E-state index contributed by atoms with van der Waals surface area (Å²) in [6, 6.07) is 16.5. The van der Waals surface area contributed by atoms with Crippen molar-refractivity contribution in [3.05, 3.63) is 77.1 Å². The van der Waals surface area contributed by atoms with E-state index in [2.05, 4.69) is 40.6 Å². The molecule has 2 aromatic carbocycles. The van der Waals surface area contributed by atoms with Crippen molar-refractivity contribution in [3.63, 3.8) is 0 Å². The van der Waals surface area contributed by atoms with E-state index in [0.717, 1.165) is 88.8 Å². The van der Waals surface area contributed by atoms with Crippen LogP contribution in [-0.4, -0.2) is 98.1 Å². The van der Waals surface area contributed by atoms with Crippen LogP contribution in [-0.2, 0) is 16.9 Å². The minimum absolute atomic E-state index is 0.172. The van der Waals surface area contributed by atoms with Crippen molar-refractivity contribution in [3.8, 4) is 16.9 Å². The maximum absolute atomic E-state index is 13.0. The van der Waals surface area contributed by atoms with Crippen molar-refractivity contribution in [2.45, 2.75) is 92.8 Å². The Balaban J connectivity index is 1.14. The molecule has 5 N–H and O–H groups in total. The molecule has 1 amide bonds. The van der Waals surface area contributed by atoms with Gasteiger partial charge >= 0.3 is 0 Å². The standard InChI is InChI=1S/C38H50ClN3O6S2/c1-49-19-6-18-42(36(46)22-33(44)37(47)34(45)25-43)17-4-5-20-50-28-11-12-32(39)26(21-28)23-41-38(14-15-38)31-24-40-16-13-29(31)30-7-2-3-8-35(30)48-27-9-10-27/h2-3,7-8,11-13,16,21,24,27,33-34,37,41,43-45,47H,4-6,9-10,14-15,17-20,22-23,25H2,1H3. The first-order valence-corrected chi connectivity index (χ1v) is 20.3. The Bertz CT molecular complexity index is 1540. The first-order valence-electron chi connectivity index (χ1n) is 17.5. The fourth-order valence-corrected chi connectivity index (χ4v) is 7.60. The Morgan fingerprint density at radius 1 is 1.04 bits per heavy atom. The number of hydrogen-bond donors (Lipinski definition) is 5. The van der Waals surface area contributed by atoms with Crippen LogP contribution in [0, 0.1) is 0 Å². The topological polar surface area (TPSA) is 135 Å². The Morgan fingerprint density at radius 2 is 1.82 bits per heavy atom. The van der Waals surface area contributed by atoms with Gasteiger partial charge in [0.25, 0.3) is 0 Å². The molecule has 2 aliphatic rings. The van der Waals surface area contributed by atoms with Crippen LogP contribution in [0.15, 0.2) is 65.8 Å². The molecule has 12 heteroatoms. The van der Waals surface area contributed by atoms with Gasteiger partial charge in [-0.2, -0.15) is 11.8 Å². The van der Waals surface area contributed by atoms with Crippen LogP contribution in [0.3, 0.4) is 0 Å². The normalized spacial score (nSPS) is 16.8. The Kier molecular flexibility index (Phi) is 14.7. The van der Waals surface area contributed by atoms with Crippen LogP contribution in [0.4, 0.5) is 0 Å². The number of pyridine rings is 1. The second kappa shape index (κ2) is 18.9. The number of carbonyl (C=O) groups is 1. The van der Waals surface area contributed by atoms with Crippen LogP contribution < -0.4 is 10.1 Å². The molecule has 1 heterocycles. The minimum Gasteiger partial charge on any atom is -0.490 e. The van der Waals surface area contributed by atoms with Crippen LogP contribution in [0.25, 0.3) is 11.1 Å². The van der Waals surface area contributed by atoms with Crippen molar-refractivity contribution in [1.82, 2.24) is 15.2 Å². The predicted molar refractivity (Wildman–Crippen MR) is 202 cm³/mol. The van der Waals surface area contributed by atoms with Gasteiger partial charge in [0, 0.05) is 53.0 Å². The molecule has 3 aromatic rings. The molecular formula is C38H50ClN3O6S2. The van der Waals surface area contributed by atoms with Gasteiger partial charge in [0.1, 0.15) is 18.0 Å². The molecule has 9 nitrogen and oxygen atoms in total. The number of amides is 1. The number of nitrogens with zero attached hydrogens (tertiary/aromatic N) is 2. The zero-order chi connectivity index (χ0) is 35.5. The van der Waals surface area contributed by atoms with Gasteiger partial charge in [-0.05, 0) is 110 Å². The maximum Gasteiger partial charge on any atom is 0.225 e. The molecule has 0 radical (unpaired) electrons. The smallest absolute Gasteiger partial charge is 0.225 e. The summed E-state index contributed by atoms with van der Waals surface area (Å²) in [6.07, 6.45) is 8.12. The van der Waals surface area contributed by atoms with E-state index >= 15 is 0 Å². The lowest BCUT2D eigenvalue weighted by atomic mass is 9.94. The van der Waals surface area contributed by atoms with Gasteiger partial charge in [0.15, 0.2) is 0 Å². The number of unbranched alkanes of at least 4 members (excludes halogenated alkanes) is 1. The summed E-state index contributed by atoms with van der Waals surface area (Å²) in [6.45, 7) is 1.05. The van der Waals surface area contributed by atoms with Crippen molar-refractivity contribution >= 4 is 41.0 Å². The van der Waals surface area contributed by atoms with Crippen molar-refractivity contribution < 1.29 is 30.0 Å². The molecule has 2 saturated carbocycles. The average Bonchev–Trinajstić information content (AvgIpc) is 4.08. The number of thioether (sulfide) groups is 2. The third-order valence-electron chi connectivity index (χ3n) is 9.30. The molecule has 50 heavy (non-hydrogen) atoms. The van der Waals surface area contributed by atoms with Crippen molar-refractivity contribution in [2.24, 2.45) is 0 Å². The summed E-state index contributed by atoms with van der Waals surface area (Å²) in [5.74, 6) is 2.44. The first-order chi connectivity index (χ1) is 24.2. The second-order valence-electron chi connectivity index (χ2n) is 13.2. The Labute approximate surface area is 309 Å². The lowest BCUT2D eigenvalue weighted by Crippen LogP contribution is -2.43. The Morgan fingerprint density at radius 3 is 2.56 bits per heavy atom. The summed E-state index contributed by atoms with van der Waals surface area (Å²) in [4.78, 5) is 20.3. The molecule has 0 bridgehead atoms. The lowest BCUT2D eigenvalue weighted by Gasteiger charge is -2.26. The summed E-state index contributed by atoms with van der Waals surface area (Å²) >= 11 is 10.2. The molecule has 3 unspecified atom stereocenters. The molecule has 0 saturated heterocycles. The SMILES string of the molecule is CSCCCN(CCCCSc1ccc(Cl)c(CNC2(c3cnccc3-c3ccccc3OC3CC3)CC2)c1)C(=O)CC(O)C(O)C(O)CO. The van der Waals surface area contributed by atoms with Crippen LogP contribution in [0.2, 0.25) is 5.02 Å². The lowest BCUT2D eigenvalue weighted by molar-refractivity contribution is -0.138. The molecule has 0 aliphatic heterocycles. The molecule has 3 atom stereocenters. The highest BCUT2D eigenvalue weighted by Crippen LogP contribution is 2.50. The van der Waals surface area contributed by atoms with E-state index in [-0.39, 0.29) is 17.9 Å². The van der Waals surface area contributed by atoms with E-state index in [4.69, 9.17) is 21.4 Å². The number of hydrogen-bond acceptors (Lipinski definition) is 10. The van der Waals surface area contributed by atoms with Crippen LogP contribution in [0.1, 0.15) is 62.5 Å². The summed E-state index contributed by atoms with van der Waals surface area (Å²) in [5.41, 5.74) is 4.30. The fraction of sp³-hybridized carbons (Fsp3) is 0.526. The average molecular weight is 744 g/mol. The fourth-order valence-electron chi connectivity index (χ4n) is 6.02. The largest absolute Gasteiger partial charge is 0.490 e. The van der Waals surface area contributed by atoms with Crippen LogP contribution in [0.5, 0.6) is 5.75 Å². The Hall–Kier alpha value is -2.35. The highest BCUT2D eigenvalue weighted by molar-refractivity contribution is 7.99. The van der Waals surface area contributed by atoms with Gasteiger partial charge < -0.3 is 35.4 Å². The monoisotopic (exact) mass is 743 g/mol. The van der Waals surface area contributed by atoms with E-state index < -0.39 is 24.9 Å². The van der Waals surface area contributed by atoms with Gasteiger partial charge in [-0.3, -0.25) is 9.78 Å². The number of aliphatic hydroxyl groups excluding tert-OH is 4. The van der Waals surface area contributed by atoms with Crippen LogP contribution >= 0.6 is 35.1 Å². The highest BCUT2D eigenvalue weighted by atomic mass is 35.5. The van der Waals surface area contributed by atoms with E-state index in [1.165, 1.54) is 5.56 Å². The molecule has 272 valence electrons. The summed E-state index contributed by atoms with van der Waals surface area (Å²) in [7, 11) is 0. The molecule has 2 aliphatic carbocycles. The number of rotatable bonds is 22. The van der Waals surface area contributed by atoms with E-state index in [1.54, 1.807) is 28.4 Å². The molecule has 0 spiro atoms. The van der Waals surface area contributed by atoms with Gasteiger partial charge in [-0.25, -0.2) is 0 Å². The number of benzene rings is 2. The van der Waals surface area contributed by atoms with Crippen molar-refractivity contribution in [1.29, 1.82) is 0 Å². The van der Waals surface area contributed by atoms with Crippen molar-refractivity contribution in [2.75, 3.05) is 37.5 Å². The number of aliphatic hydroxyl groups is 4. The second-order valence-corrected chi connectivity index (χ2v) is 15.8. The van der Waals surface area contributed by atoms with Gasteiger partial charge in [0.2, 0.25) is 5.91 Å². The predicted octanol–water partition coefficient (Wildman–Crippen LogP) is 5.64. The third kappa shape index (κ3) is 10.8. The molecule has 2 fully saturated rings. The number of carbonyl (C=O) groups excluding carboxylic acids is 1. The molecular weight excluding hydrogens is 694 g/mol. The zero-order valence-electron chi connectivity index (χ0n) is 28.7. The van der Waals surface area contributed by atoms with E-state index in [9.17, 15) is 20.1 Å². The number of halogens is 1. The zero-order valence-corrected chi connectivity index (χ0v) is 31.1. The third-order valence-corrected chi connectivity index (χ3v) is 11.4. The first kappa shape index (κ1) is 38.9. The summed E-state index contributed by atoms with van der Waals surface area (Å²) < 4.78 is 6.27.